The highest BCUT2D eigenvalue weighted by molar-refractivity contribution is 5.67. The molecule has 37 heavy (non-hydrogen) atoms. The summed E-state index contributed by atoms with van der Waals surface area (Å²) in [4.78, 5) is 24.3. The largest absolute Gasteiger partial charge is 0.462 e. The van der Waals surface area contributed by atoms with Crippen LogP contribution < -0.4 is 0 Å². The summed E-state index contributed by atoms with van der Waals surface area (Å²) in [6.07, 6.45) is 12.5. The van der Waals surface area contributed by atoms with Crippen LogP contribution in [0.3, 0.4) is 0 Å². The zero-order valence-corrected chi connectivity index (χ0v) is 25.0. The summed E-state index contributed by atoms with van der Waals surface area (Å²) in [6, 6.07) is 0. The van der Waals surface area contributed by atoms with Gasteiger partial charge < -0.3 is 9.47 Å². The van der Waals surface area contributed by atoms with Gasteiger partial charge in [-0.05, 0) is 98.2 Å². The first-order valence-electron chi connectivity index (χ1n) is 15.2. The van der Waals surface area contributed by atoms with Crippen molar-refractivity contribution in [2.24, 2.45) is 51.2 Å². The fourth-order valence-electron chi connectivity index (χ4n) is 11.7. The van der Waals surface area contributed by atoms with Crippen LogP contribution in [-0.2, 0) is 19.1 Å². The van der Waals surface area contributed by atoms with Crippen molar-refractivity contribution in [3.05, 3.63) is 11.6 Å². The van der Waals surface area contributed by atoms with Crippen molar-refractivity contribution in [1.29, 1.82) is 0 Å². The van der Waals surface area contributed by atoms with Crippen molar-refractivity contribution in [2.45, 2.75) is 132 Å². The number of hydrogen-bond donors (Lipinski definition) is 0. The molecule has 0 radical (unpaired) electrons. The molecule has 0 aromatic rings. The summed E-state index contributed by atoms with van der Waals surface area (Å²) in [5.74, 6) is 2.41. The summed E-state index contributed by atoms with van der Waals surface area (Å²) in [5, 5.41) is 0. The summed E-state index contributed by atoms with van der Waals surface area (Å²) < 4.78 is 12.2. The van der Waals surface area contributed by atoms with Crippen molar-refractivity contribution in [1.82, 2.24) is 0 Å². The van der Waals surface area contributed by atoms with Gasteiger partial charge in [-0.2, -0.15) is 0 Å². The molecule has 5 rings (SSSR count). The molecule has 5 aliphatic carbocycles. The van der Waals surface area contributed by atoms with Crippen LogP contribution in [0.25, 0.3) is 0 Å². The quantitative estimate of drug-likeness (QED) is 0.279. The lowest BCUT2D eigenvalue weighted by atomic mass is 9.32. The molecule has 5 aliphatic rings. The average Bonchev–Trinajstić information content (AvgIpc) is 2.79. The highest BCUT2D eigenvalue weighted by Crippen LogP contribution is 2.76. The third-order valence-corrected chi connectivity index (χ3v) is 13.7. The standard InChI is InChI=1S/C33H52O4/c1-20-12-17-33(37-23(4)35)19-18-31(8)24(28(33)21(20)2)10-11-26-30(7)15-14-27(36-22(3)34)29(5,6)25(30)13-16-32(26,31)9/h12,21,24-28H,10-11,13-19H2,1-9H3/t21-,24-,25-,26+,27-,28+,30-,31+,32-,33+/m0/s1. The Morgan fingerprint density at radius 2 is 1.54 bits per heavy atom. The van der Waals surface area contributed by atoms with Gasteiger partial charge in [0.25, 0.3) is 0 Å². The van der Waals surface area contributed by atoms with Gasteiger partial charge in [0.15, 0.2) is 0 Å². The number of carbonyl (C=O) groups is 2. The zero-order chi connectivity index (χ0) is 27.2. The number of ether oxygens (including phenoxy) is 2. The molecule has 0 bridgehead atoms. The molecule has 0 aliphatic heterocycles. The first-order chi connectivity index (χ1) is 17.1. The van der Waals surface area contributed by atoms with Gasteiger partial charge in [-0.25, -0.2) is 0 Å². The van der Waals surface area contributed by atoms with Gasteiger partial charge >= 0.3 is 11.9 Å². The Morgan fingerprint density at radius 1 is 0.838 bits per heavy atom. The van der Waals surface area contributed by atoms with Gasteiger partial charge in [0, 0.05) is 31.6 Å². The molecule has 0 aromatic heterocycles. The van der Waals surface area contributed by atoms with E-state index in [1.807, 2.05) is 0 Å². The Hall–Kier alpha value is -1.32. The van der Waals surface area contributed by atoms with E-state index in [1.165, 1.54) is 31.3 Å². The number of fused-ring (bicyclic) bond motifs is 7. The predicted molar refractivity (Wildman–Crippen MR) is 147 cm³/mol. The molecular formula is C33H52O4. The summed E-state index contributed by atoms with van der Waals surface area (Å²) >= 11 is 0. The third-order valence-electron chi connectivity index (χ3n) is 13.7. The number of esters is 2. The lowest BCUT2D eigenvalue weighted by Gasteiger charge is -2.73. The van der Waals surface area contributed by atoms with E-state index >= 15 is 0 Å². The Balaban J connectivity index is 1.51. The average molecular weight is 513 g/mol. The van der Waals surface area contributed by atoms with E-state index in [1.54, 1.807) is 13.8 Å². The second-order valence-corrected chi connectivity index (χ2v) is 15.3. The normalized spacial score (nSPS) is 50.4. The fraction of sp³-hybridized carbons (Fsp3) is 0.879. The molecule has 0 unspecified atom stereocenters. The van der Waals surface area contributed by atoms with Gasteiger partial charge in [-0.15, -0.1) is 0 Å². The first-order valence-corrected chi connectivity index (χ1v) is 15.2. The molecule has 4 fully saturated rings. The molecule has 208 valence electrons. The molecule has 0 heterocycles. The lowest BCUT2D eigenvalue weighted by molar-refractivity contribution is -0.264. The van der Waals surface area contributed by atoms with Crippen LogP contribution in [0.4, 0.5) is 0 Å². The number of rotatable bonds is 2. The number of hydrogen-bond acceptors (Lipinski definition) is 4. The highest BCUT2D eigenvalue weighted by atomic mass is 16.6. The minimum atomic E-state index is -0.330. The van der Waals surface area contributed by atoms with Crippen molar-refractivity contribution in [3.63, 3.8) is 0 Å². The molecule has 0 saturated heterocycles. The molecular weight excluding hydrogens is 460 g/mol. The van der Waals surface area contributed by atoms with Crippen LogP contribution in [-0.4, -0.2) is 23.6 Å². The van der Waals surface area contributed by atoms with E-state index in [2.05, 4.69) is 54.5 Å². The van der Waals surface area contributed by atoms with E-state index in [-0.39, 0.29) is 45.3 Å². The molecule has 4 heteroatoms. The van der Waals surface area contributed by atoms with Crippen LogP contribution in [0.1, 0.15) is 120 Å². The minimum Gasteiger partial charge on any atom is -0.462 e. The number of carbonyl (C=O) groups excluding carboxylic acids is 2. The fourth-order valence-corrected chi connectivity index (χ4v) is 11.7. The van der Waals surface area contributed by atoms with Gasteiger partial charge in [0.05, 0.1) is 0 Å². The maximum absolute atomic E-state index is 12.4. The van der Waals surface area contributed by atoms with E-state index in [0.717, 1.165) is 32.1 Å². The van der Waals surface area contributed by atoms with Crippen LogP contribution in [0.5, 0.6) is 0 Å². The minimum absolute atomic E-state index is 0.00537. The topological polar surface area (TPSA) is 52.6 Å². The maximum Gasteiger partial charge on any atom is 0.303 e. The number of allylic oxidation sites excluding steroid dienone is 1. The first kappa shape index (κ1) is 27.3. The SMILES string of the molecule is CC(=O)O[C@H]1CC[C@]2(C)[C@H]3CC[C@H]4[C@H]5[C@@H](C)C(C)=CC[C@@]5(OC(C)=O)CC[C@@]4(C)[C@@]3(C)CC[C@H]2C1(C)C. The molecule has 0 amide bonds. The van der Waals surface area contributed by atoms with Crippen molar-refractivity contribution >= 4 is 11.9 Å². The Morgan fingerprint density at radius 3 is 2.19 bits per heavy atom. The second-order valence-electron chi connectivity index (χ2n) is 15.3. The zero-order valence-electron chi connectivity index (χ0n) is 25.0. The second kappa shape index (κ2) is 8.59. The molecule has 4 saturated carbocycles. The third kappa shape index (κ3) is 3.65. The Kier molecular flexibility index (Phi) is 6.33. The molecule has 10 atom stereocenters. The van der Waals surface area contributed by atoms with E-state index < -0.39 is 0 Å². The van der Waals surface area contributed by atoms with E-state index in [4.69, 9.17) is 9.47 Å². The Labute approximate surface area is 225 Å². The summed E-state index contributed by atoms with van der Waals surface area (Å²) in [6.45, 7) is 20.4. The molecule has 0 aromatic carbocycles. The summed E-state index contributed by atoms with van der Waals surface area (Å²) in [7, 11) is 0. The molecule has 0 N–H and O–H groups in total. The van der Waals surface area contributed by atoms with Gasteiger partial charge in [0.1, 0.15) is 11.7 Å². The van der Waals surface area contributed by atoms with Gasteiger partial charge in [-0.1, -0.05) is 53.2 Å². The molecule has 0 spiro atoms. The lowest BCUT2D eigenvalue weighted by Crippen LogP contribution is -2.68. The summed E-state index contributed by atoms with van der Waals surface area (Å²) in [5.41, 5.74) is 1.91. The van der Waals surface area contributed by atoms with Crippen molar-refractivity contribution in [2.75, 3.05) is 0 Å². The van der Waals surface area contributed by atoms with Crippen molar-refractivity contribution < 1.29 is 19.1 Å². The van der Waals surface area contributed by atoms with Crippen LogP contribution in [0, 0.1) is 51.2 Å². The Bertz CT molecular complexity index is 996. The van der Waals surface area contributed by atoms with Gasteiger partial charge in [0.2, 0.25) is 0 Å². The predicted octanol–water partition coefficient (Wildman–Crippen LogP) is 7.89. The van der Waals surface area contributed by atoms with Gasteiger partial charge in [-0.3, -0.25) is 9.59 Å². The maximum atomic E-state index is 12.4. The smallest absolute Gasteiger partial charge is 0.303 e. The van der Waals surface area contributed by atoms with Crippen LogP contribution in [0.2, 0.25) is 0 Å². The highest BCUT2D eigenvalue weighted by Gasteiger charge is 2.71. The van der Waals surface area contributed by atoms with Crippen molar-refractivity contribution in [3.8, 4) is 0 Å². The molecule has 4 nitrogen and oxygen atoms in total. The monoisotopic (exact) mass is 512 g/mol. The van der Waals surface area contributed by atoms with E-state index in [0.29, 0.717) is 29.6 Å². The van der Waals surface area contributed by atoms with Crippen LogP contribution in [0.15, 0.2) is 11.6 Å². The van der Waals surface area contributed by atoms with Crippen LogP contribution >= 0.6 is 0 Å². The van der Waals surface area contributed by atoms with E-state index in [9.17, 15) is 9.59 Å².